The van der Waals surface area contributed by atoms with Crippen LogP contribution >= 0.6 is 0 Å². The highest BCUT2D eigenvalue weighted by Gasteiger charge is 2.28. The molecule has 1 N–H and O–H groups in total. The van der Waals surface area contributed by atoms with Crippen molar-refractivity contribution in [2.24, 2.45) is 0 Å². The van der Waals surface area contributed by atoms with Gasteiger partial charge in [0.2, 0.25) is 0 Å². The highest BCUT2D eigenvalue weighted by molar-refractivity contribution is 5.73. The van der Waals surface area contributed by atoms with Crippen LogP contribution in [0.5, 0.6) is 6.01 Å². The third-order valence-corrected chi connectivity index (χ3v) is 4.85. The van der Waals surface area contributed by atoms with Crippen LogP contribution in [-0.2, 0) is 4.74 Å². The number of methoxy groups -OCH3 is 1. The molecule has 0 bridgehead atoms. The zero-order chi connectivity index (χ0) is 20.7. The maximum atomic E-state index is 14.8. The van der Waals surface area contributed by atoms with Gasteiger partial charge in [-0.1, -0.05) is 0 Å². The summed E-state index contributed by atoms with van der Waals surface area (Å²) in [6, 6.07) is 2.48. The van der Waals surface area contributed by atoms with Gasteiger partial charge in [0.05, 0.1) is 6.10 Å². The van der Waals surface area contributed by atoms with E-state index in [1.54, 1.807) is 6.92 Å². The van der Waals surface area contributed by atoms with Crippen LogP contribution in [0.3, 0.4) is 0 Å². The number of ether oxygens (including phenoxy) is 2. The fraction of sp³-hybridized carbons (Fsp3) is 0.421. The van der Waals surface area contributed by atoms with Gasteiger partial charge in [0.1, 0.15) is 23.5 Å². The molecule has 7 nitrogen and oxygen atoms in total. The molecule has 1 aliphatic rings. The molecular formula is C19H19F3N4O3. The van der Waals surface area contributed by atoms with E-state index in [1.165, 1.54) is 25.4 Å². The molecule has 0 aliphatic heterocycles. The summed E-state index contributed by atoms with van der Waals surface area (Å²) in [5.74, 6) is -0.703. The number of hydrogen-bond acceptors (Lipinski definition) is 5. The predicted molar refractivity (Wildman–Crippen MR) is 98.3 cm³/mol. The van der Waals surface area contributed by atoms with Crippen molar-refractivity contribution in [3.63, 3.8) is 0 Å². The molecule has 0 spiro atoms. The average molecular weight is 408 g/mol. The summed E-state index contributed by atoms with van der Waals surface area (Å²) in [5.41, 5.74) is -0.925. The van der Waals surface area contributed by atoms with Crippen LogP contribution in [0.2, 0.25) is 0 Å². The first-order valence-corrected chi connectivity index (χ1v) is 9.14. The molecule has 154 valence electrons. The second-order valence-corrected chi connectivity index (χ2v) is 7.05. The number of H-pyrrole nitrogens is 1. The van der Waals surface area contributed by atoms with Gasteiger partial charge in [-0.3, -0.25) is 9.78 Å². The SMILES string of the molecule is CO[C@H](C)COc1nc2nn(-c3c(F)cc(C4CC4)cc3C(F)F)cc2c(=O)[nH]1. The number of alkyl halides is 2. The Morgan fingerprint density at radius 2 is 2.10 bits per heavy atom. The second-order valence-electron chi connectivity index (χ2n) is 7.05. The maximum Gasteiger partial charge on any atom is 0.298 e. The lowest BCUT2D eigenvalue weighted by Crippen LogP contribution is -2.19. The molecule has 1 fully saturated rings. The Morgan fingerprint density at radius 1 is 1.34 bits per heavy atom. The summed E-state index contributed by atoms with van der Waals surface area (Å²) in [5, 5.41) is 4.08. The number of benzene rings is 1. The number of hydrogen-bond donors (Lipinski definition) is 1. The normalized spacial score (nSPS) is 15.2. The summed E-state index contributed by atoms with van der Waals surface area (Å²) < 4.78 is 53.4. The Labute approximate surface area is 163 Å². The second kappa shape index (κ2) is 7.51. The van der Waals surface area contributed by atoms with Crippen molar-refractivity contribution >= 4 is 11.0 Å². The molecule has 10 heteroatoms. The molecule has 1 aromatic carbocycles. The third-order valence-electron chi connectivity index (χ3n) is 4.85. The highest BCUT2D eigenvalue weighted by atomic mass is 19.3. The van der Waals surface area contributed by atoms with Gasteiger partial charge in [-0.2, -0.15) is 4.98 Å². The van der Waals surface area contributed by atoms with Crippen molar-refractivity contribution in [1.29, 1.82) is 0 Å². The first kappa shape index (κ1) is 19.4. The van der Waals surface area contributed by atoms with Gasteiger partial charge in [0.15, 0.2) is 5.65 Å². The first-order valence-electron chi connectivity index (χ1n) is 9.14. The molecular weight excluding hydrogens is 389 g/mol. The van der Waals surface area contributed by atoms with Gasteiger partial charge in [0.25, 0.3) is 18.0 Å². The molecule has 1 atom stereocenters. The van der Waals surface area contributed by atoms with Crippen LogP contribution in [0.15, 0.2) is 23.1 Å². The molecule has 29 heavy (non-hydrogen) atoms. The summed E-state index contributed by atoms with van der Waals surface area (Å²) >= 11 is 0. The minimum Gasteiger partial charge on any atom is -0.462 e. The number of nitrogens with zero attached hydrogens (tertiary/aromatic N) is 3. The summed E-state index contributed by atoms with van der Waals surface area (Å²) in [6.45, 7) is 1.91. The van der Waals surface area contributed by atoms with Gasteiger partial charge >= 0.3 is 0 Å². The van der Waals surface area contributed by atoms with Crippen molar-refractivity contribution in [2.45, 2.75) is 38.2 Å². The molecule has 2 aromatic heterocycles. The van der Waals surface area contributed by atoms with Crippen LogP contribution in [0, 0.1) is 5.82 Å². The van der Waals surface area contributed by atoms with Crippen molar-refractivity contribution in [2.75, 3.05) is 13.7 Å². The zero-order valence-electron chi connectivity index (χ0n) is 15.8. The molecule has 4 rings (SSSR count). The number of nitrogens with one attached hydrogen (secondary N) is 1. The lowest BCUT2D eigenvalue weighted by molar-refractivity contribution is 0.0680. The number of fused-ring (bicyclic) bond motifs is 1. The van der Waals surface area contributed by atoms with Crippen molar-refractivity contribution in [3.05, 3.63) is 45.6 Å². The summed E-state index contributed by atoms with van der Waals surface area (Å²) in [4.78, 5) is 18.8. The standard InChI is InChI=1S/C19H19F3N4O3/c1-9(28-2)8-29-19-23-17-13(18(27)24-19)7-26(25-17)15-12(16(21)22)5-11(6-14(15)20)10-3-4-10/h5-7,9-10,16H,3-4,8H2,1-2H3,(H,23,24,25,27)/t9-/m1/s1. The molecule has 0 amide bonds. The van der Waals surface area contributed by atoms with E-state index in [1.807, 2.05) is 0 Å². The van der Waals surface area contributed by atoms with Gasteiger partial charge in [-0.25, -0.2) is 17.9 Å². The topological polar surface area (TPSA) is 82.0 Å². The number of aromatic amines is 1. The van der Waals surface area contributed by atoms with Crippen LogP contribution in [0.1, 0.15) is 43.2 Å². The quantitative estimate of drug-likeness (QED) is 0.647. The van der Waals surface area contributed by atoms with Crippen molar-refractivity contribution < 1.29 is 22.6 Å². The number of halogens is 3. The van der Waals surface area contributed by atoms with Crippen LogP contribution in [-0.4, -0.2) is 39.6 Å². The van der Waals surface area contributed by atoms with E-state index in [9.17, 15) is 18.0 Å². The van der Waals surface area contributed by atoms with E-state index in [2.05, 4.69) is 15.1 Å². The molecule has 1 saturated carbocycles. The predicted octanol–water partition coefficient (Wildman–Crippen LogP) is 3.48. The summed E-state index contributed by atoms with van der Waals surface area (Å²) in [7, 11) is 1.51. The van der Waals surface area contributed by atoms with E-state index in [0.29, 0.717) is 5.56 Å². The Balaban J connectivity index is 1.76. The summed E-state index contributed by atoms with van der Waals surface area (Å²) in [6.07, 6.45) is -0.232. The Hall–Kier alpha value is -2.88. The molecule has 0 radical (unpaired) electrons. The van der Waals surface area contributed by atoms with E-state index >= 15 is 0 Å². The Bertz CT molecular complexity index is 1110. The monoisotopic (exact) mass is 408 g/mol. The minimum atomic E-state index is -2.90. The van der Waals surface area contributed by atoms with Crippen LogP contribution in [0.25, 0.3) is 16.7 Å². The van der Waals surface area contributed by atoms with Crippen LogP contribution < -0.4 is 10.3 Å². The maximum absolute atomic E-state index is 14.8. The van der Waals surface area contributed by atoms with E-state index < -0.39 is 29.1 Å². The Morgan fingerprint density at radius 3 is 2.76 bits per heavy atom. The first-order chi connectivity index (χ1) is 13.9. The largest absolute Gasteiger partial charge is 0.462 e. The lowest BCUT2D eigenvalue weighted by atomic mass is 10.0. The van der Waals surface area contributed by atoms with E-state index in [-0.39, 0.29) is 35.7 Å². The average Bonchev–Trinajstić information content (AvgIpc) is 3.45. The van der Waals surface area contributed by atoms with E-state index in [0.717, 1.165) is 17.5 Å². The van der Waals surface area contributed by atoms with Crippen molar-refractivity contribution in [1.82, 2.24) is 19.7 Å². The smallest absolute Gasteiger partial charge is 0.298 e. The lowest BCUT2D eigenvalue weighted by Gasteiger charge is -2.12. The fourth-order valence-electron chi connectivity index (χ4n) is 3.05. The highest BCUT2D eigenvalue weighted by Crippen LogP contribution is 2.42. The fourth-order valence-corrected chi connectivity index (χ4v) is 3.05. The Kier molecular flexibility index (Phi) is 5.03. The van der Waals surface area contributed by atoms with Gasteiger partial charge in [0, 0.05) is 18.9 Å². The van der Waals surface area contributed by atoms with Gasteiger partial charge < -0.3 is 9.47 Å². The molecule has 1 aliphatic carbocycles. The number of aromatic nitrogens is 4. The molecule has 2 heterocycles. The zero-order valence-corrected chi connectivity index (χ0v) is 15.8. The van der Waals surface area contributed by atoms with Gasteiger partial charge in [-0.05, 0) is 43.4 Å². The third kappa shape index (κ3) is 3.84. The number of rotatable bonds is 7. The van der Waals surface area contributed by atoms with E-state index in [4.69, 9.17) is 9.47 Å². The molecule has 0 saturated heterocycles. The van der Waals surface area contributed by atoms with Crippen molar-refractivity contribution in [3.8, 4) is 11.7 Å². The van der Waals surface area contributed by atoms with Gasteiger partial charge in [-0.15, -0.1) is 5.10 Å². The molecule has 0 unspecified atom stereocenters. The minimum absolute atomic E-state index is 0.0306. The molecule has 3 aromatic rings. The van der Waals surface area contributed by atoms with Crippen LogP contribution in [0.4, 0.5) is 13.2 Å².